The minimum atomic E-state index is -1.49. The van der Waals surface area contributed by atoms with Gasteiger partial charge < -0.3 is 4.90 Å². The Labute approximate surface area is 186 Å². The van der Waals surface area contributed by atoms with Crippen LogP contribution in [-0.2, 0) is 13.5 Å². The molecule has 0 unspecified atom stereocenters. The Kier molecular flexibility index (Phi) is 4.30. The third-order valence-corrected chi connectivity index (χ3v) is 6.64. The highest BCUT2D eigenvalue weighted by Gasteiger charge is 2.45. The summed E-state index contributed by atoms with van der Waals surface area (Å²) in [5.41, 5.74) is 4.24. The molecule has 166 valence electrons. The van der Waals surface area contributed by atoms with Gasteiger partial charge in [0, 0.05) is 42.2 Å². The molecule has 33 heavy (non-hydrogen) atoms. The van der Waals surface area contributed by atoms with Crippen LogP contribution in [0.1, 0.15) is 40.5 Å². The Morgan fingerprint density at radius 3 is 2.48 bits per heavy atom. The molecule has 0 aliphatic carbocycles. The van der Waals surface area contributed by atoms with Crippen LogP contribution in [0.25, 0.3) is 22.3 Å². The van der Waals surface area contributed by atoms with Gasteiger partial charge in [-0.15, -0.1) is 0 Å². The molecule has 0 radical (unpaired) electrons. The van der Waals surface area contributed by atoms with Gasteiger partial charge in [0.15, 0.2) is 17.5 Å². The largest absolute Gasteiger partial charge is 0.327 e. The van der Waals surface area contributed by atoms with Gasteiger partial charge in [-0.1, -0.05) is 0 Å². The molecule has 6 nitrogen and oxygen atoms in total. The Morgan fingerprint density at radius 1 is 1.00 bits per heavy atom. The van der Waals surface area contributed by atoms with E-state index in [0.29, 0.717) is 28.7 Å². The summed E-state index contributed by atoms with van der Waals surface area (Å²) < 4.78 is 42.9. The third kappa shape index (κ3) is 2.95. The van der Waals surface area contributed by atoms with E-state index in [4.69, 9.17) is 0 Å². The Bertz CT molecular complexity index is 1430. The van der Waals surface area contributed by atoms with E-state index in [-0.39, 0.29) is 23.6 Å². The summed E-state index contributed by atoms with van der Waals surface area (Å²) >= 11 is 0. The number of amides is 1. The summed E-state index contributed by atoms with van der Waals surface area (Å²) in [4.78, 5) is 23.9. The molecule has 0 N–H and O–H groups in total. The van der Waals surface area contributed by atoms with E-state index in [2.05, 4.69) is 15.1 Å². The van der Waals surface area contributed by atoms with Gasteiger partial charge in [0.1, 0.15) is 0 Å². The maximum absolute atomic E-state index is 13.9. The molecule has 4 heterocycles. The first-order valence-corrected chi connectivity index (χ1v) is 10.7. The molecule has 1 fully saturated rings. The second kappa shape index (κ2) is 7.13. The van der Waals surface area contributed by atoms with E-state index in [1.54, 1.807) is 42.3 Å². The van der Waals surface area contributed by atoms with Gasteiger partial charge >= 0.3 is 0 Å². The fourth-order valence-corrected chi connectivity index (χ4v) is 5.25. The number of aromatic nitrogens is 4. The number of benzene rings is 2. The number of hydrogen-bond donors (Lipinski definition) is 0. The van der Waals surface area contributed by atoms with Crippen molar-refractivity contribution >= 4 is 16.9 Å². The van der Waals surface area contributed by atoms with Crippen LogP contribution < -0.4 is 0 Å². The van der Waals surface area contributed by atoms with Crippen molar-refractivity contribution in [2.75, 3.05) is 0 Å². The van der Waals surface area contributed by atoms with Gasteiger partial charge in [-0.25, -0.2) is 13.2 Å². The SMILES string of the molecule is Cn1nc2c(c1-c1cc(F)c(F)c(F)c1)C[C@H]1CC[C@@H]2N1C(=O)c1ccc2nccnc2c1. The number of hydrogen-bond acceptors (Lipinski definition) is 4. The number of nitrogens with zero attached hydrogens (tertiary/aromatic N) is 5. The first-order valence-electron chi connectivity index (χ1n) is 10.7. The maximum Gasteiger partial charge on any atom is 0.254 e. The summed E-state index contributed by atoms with van der Waals surface area (Å²) in [6.07, 6.45) is 5.25. The van der Waals surface area contributed by atoms with Gasteiger partial charge in [-0.2, -0.15) is 5.10 Å². The van der Waals surface area contributed by atoms with Crippen molar-refractivity contribution < 1.29 is 18.0 Å². The van der Waals surface area contributed by atoms with Crippen LogP contribution in [-0.4, -0.2) is 36.6 Å². The van der Waals surface area contributed by atoms with Crippen LogP contribution in [0.3, 0.4) is 0 Å². The highest BCUT2D eigenvalue weighted by molar-refractivity contribution is 5.98. The third-order valence-electron chi connectivity index (χ3n) is 6.64. The molecule has 0 spiro atoms. The number of carbonyl (C=O) groups is 1. The van der Waals surface area contributed by atoms with E-state index in [1.807, 2.05) is 4.90 Å². The van der Waals surface area contributed by atoms with Crippen LogP contribution in [0.2, 0.25) is 0 Å². The van der Waals surface area contributed by atoms with Gasteiger partial charge in [0.25, 0.3) is 5.91 Å². The van der Waals surface area contributed by atoms with Crippen molar-refractivity contribution in [3.63, 3.8) is 0 Å². The lowest BCUT2D eigenvalue weighted by Gasteiger charge is -2.34. The van der Waals surface area contributed by atoms with Gasteiger partial charge in [-0.3, -0.25) is 19.4 Å². The average molecular weight is 449 g/mol. The second-order valence-corrected chi connectivity index (χ2v) is 8.51. The van der Waals surface area contributed by atoms with E-state index in [9.17, 15) is 18.0 Å². The van der Waals surface area contributed by atoms with Crippen molar-refractivity contribution in [3.8, 4) is 11.3 Å². The molecule has 1 saturated heterocycles. The minimum absolute atomic E-state index is 0.0642. The highest BCUT2D eigenvalue weighted by atomic mass is 19.2. The molecule has 9 heteroatoms. The summed E-state index contributed by atoms with van der Waals surface area (Å²) in [6.45, 7) is 0. The number of halogens is 3. The first kappa shape index (κ1) is 19.9. The summed E-state index contributed by atoms with van der Waals surface area (Å²) in [6, 6.07) is 6.96. The smallest absolute Gasteiger partial charge is 0.254 e. The topological polar surface area (TPSA) is 63.9 Å². The number of rotatable bonds is 2. The monoisotopic (exact) mass is 449 g/mol. The fraction of sp³-hybridized carbons (Fsp3) is 0.250. The zero-order valence-electron chi connectivity index (χ0n) is 17.6. The predicted molar refractivity (Wildman–Crippen MR) is 114 cm³/mol. The van der Waals surface area contributed by atoms with Crippen LogP contribution >= 0.6 is 0 Å². The summed E-state index contributed by atoms with van der Waals surface area (Å²) in [5.74, 6) is -4.08. The lowest BCUT2D eigenvalue weighted by Crippen LogP contribution is -2.41. The van der Waals surface area contributed by atoms with Gasteiger partial charge in [0.05, 0.1) is 28.5 Å². The minimum Gasteiger partial charge on any atom is -0.327 e. The Hall–Kier alpha value is -3.75. The molecular weight excluding hydrogens is 431 g/mol. The van der Waals surface area contributed by atoms with Gasteiger partial charge in [0.2, 0.25) is 0 Å². The maximum atomic E-state index is 13.9. The molecule has 2 aromatic heterocycles. The van der Waals surface area contributed by atoms with Crippen molar-refractivity contribution in [1.29, 1.82) is 0 Å². The number of aryl methyl sites for hydroxylation is 1. The summed E-state index contributed by atoms with van der Waals surface area (Å²) in [5, 5.41) is 4.63. The Morgan fingerprint density at radius 2 is 1.73 bits per heavy atom. The Balaban J connectivity index is 1.40. The van der Waals surface area contributed by atoms with Crippen molar-refractivity contribution in [2.45, 2.75) is 31.3 Å². The van der Waals surface area contributed by atoms with Crippen LogP contribution in [0, 0.1) is 17.5 Å². The van der Waals surface area contributed by atoms with Crippen LogP contribution in [0.15, 0.2) is 42.7 Å². The van der Waals surface area contributed by atoms with E-state index in [1.165, 1.54) is 0 Å². The molecule has 2 aliphatic heterocycles. The molecule has 0 saturated carbocycles. The predicted octanol–water partition coefficient (Wildman–Crippen LogP) is 4.35. The lowest BCUT2D eigenvalue weighted by molar-refractivity contribution is 0.0642. The molecule has 2 aromatic carbocycles. The van der Waals surface area contributed by atoms with Crippen LogP contribution in [0.5, 0.6) is 0 Å². The van der Waals surface area contributed by atoms with Crippen molar-refractivity contribution in [3.05, 3.63) is 77.0 Å². The van der Waals surface area contributed by atoms with Crippen molar-refractivity contribution in [1.82, 2.24) is 24.6 Å². The zero-order chi connectivity index (χ0) is 22.9. The fourth-order valence-electron chi connectivity index (χ4n) is 5.25. The molecule has 2 aliphatic rings. The number of carbonyl (C=O) groups excluding carboxylic acids is 1. The standard InChI is InChI=1S/C24H18F3N5O/c1-31-23(13-8-16(25)21(27)17(26)9-13)15-11-14-3-5-20(22(15)30-31)32(14)24(33)12-2-4-18-19(10-12)29-7-6-28-18/h2,4,6-10,14,20H,3,5,11H2,1H3/t14-,20+/m1/s1. The quantitative estimate of drug-likeness (QED) is 0.427. The van der Waals surface area contributed by atoms with Gasteiger partial charge in [-0.05, 0) is 49.6 Å². The first-order chi connectivity index (χ1) is 15.9. The normalized spacial score (nSPS) is 19.2. The molecular formula is C24H18F3N5O. The van der Waals surface area contributed by atoms with E-state index >= 15 is 0 Å². The van der Waals surface area contributed by atoms with Crippen LogP contribution in [0.4, 0.5) is 13.2 Å². The molecule has 2 atom stereocenters. The molecule has 1 amide bonds. The summed E-state index contributed by atoms with van der Waals surface area (Å²) in [7, 11) is 1.69. The second-order valence-electron chi connectivity index (χ2n) is 8.51. The average Bonchev–Trinajstić information content (AvgIpc) is 3.32. The van der Waals surface area contributed by atoms with E-state index < -0.39 is 17.5 Å². The highest BCUT2D eigenvalue weighted by Crippen LogP contribution is 2.46. The zero-order valence-corrected chi connectivity index (χ0v) is 17.6. The lowest BCUT2D eigenvalue weighted by atomic mass is 9.94. The van der Waals surface area contributed by atoms with Crippen molar-refractivity contribution in [2.24, 2.45) is 7.05 Å². The molecule has 2 bridgehead atoms. The van der Waals surface area contributed by atoms with E-state index in [0.717, 1.165) is 36.2 Å². The molecule has 4 aromatic rings. The number of fused-ring (bicyclic) bond motifs is 5. The molecule has 6 rings (SSSR count).